The number of carbonyl (C=O) groups is 1. The Balaban J connectivity index is 2.34. The van der Waals surface area contributed by atoms with Gasteiger partial charge in [0.15, 0.2) is 6.10 Å². The highest BCUT2D eigenvalue weighted by Crippen LogP contribution is 2.18. The first-order chi connectivity index (χ1) is 11.3. The summed E-state index contributed by atoms with van der Waals surface area (Å²) >= 11 is 0. The van der Waals surface area contributed by atoms with Crippen LogP contribution in [0.5, 0.6) is 11.5 Å². The standard InChI is InChI=1S/C16H26N2O5S/c1-5-24(20,21)18(3)12-6-11-17-16(19)13(2)23-15-9-7-14(22-4)8-10-15/h7-10,13H,5-6,11-12H2,1-4H3,(H,17,19)/t13-/m1/s1. The number of ether oxygens (including phenoxy) is 2. The first kappa shape index (κ1) is 20.2. The first-order valence-electron chi connectivity index (χ1n) is 7.82. The largest absolute Gasteiger partial charge is 0.497 e. The predicted molar refractivity (Wildman–Crippen MR) is 92.8 cm³/mol. The van der Waals surface area contributed by atoms with Gasteiger partial charge >= 0.3 is 0 Å². The molecule has 0 saturated carbocycles. The van der Waals surface area contributed by atoms with Crippen LogP contribution in [0.25, 0.3) is 0 Å². The van der Waals surface area contributed by atoms with Crippen molar-refractivity contribution in [3.8, 4) is 11.5 Å². The Morgan fingerprint density at radius 1 is 1.25 bits per heavy atom. The Kier molecular flexibility index (Phi) is 8.00. The minimum Gasteiger partial charge on any atom is -0.497 e. The maximum absolute atomic E-state index is 12.0. The molecule has 1 amide bonds. The molecule has 0 radical (unpaired) electrons. The lowest BCUT2D eigenvalue weighted by Gasteiger charge is -2.17. The van der Waals surface area contributed by atoms with Gasteiger partial charge < -0.3 is 14.8 Å². The number of hydrogen-bond acceptors (Lipinski definition) is 5. The van der Waals surface area contributed by atoms with Crippen LogP contribution in [0.3, 0.4) is 0 Å². The summed E-state index contributed by atoms with van der Waals surface area (Å²) in [5.74, 6) is 1.12. The van der Waals surface area contributed by atoms with Crippen molar-refractivity contribution in [1.29, 1.82) is 0 Å². The van der Waals surface area contributed by atoms with Crippen LogP contribution >= 0.6 is 0 Å². The maximum atomic E-state index is 12.0. The number of hydrogen-bond donors (Lipinski definition) is 1. The van der Waals surface area contributed by atoms with Crippen molar-refractivity contribution < 1.29 is 22.7 Å². The molecule has 1 aromatic carbocycles. The second-order valence-corrected chi connectivity index (χ2v) is 7.67. The summed E-state index contributed by atoms with van der Waals surface area (Å²) in [6, 6.07) is 6.97. The normalized spacial score (nSPS) is 12.7. The molecule has 1 atom stereocenters. The molecule has 7 nitrogen and oxygen atoms in total. The summed E-state index contributed by atoms with van der Waals surface area (Å²) in [4.78, 5) is 12.0. The number of amides is 1. The van der Waals surface area contributed by atoms with Gasteiger partial charge in [0.25, 0.3) is 5.91 Å². The van der Waals surface area contributed by atoms with Gasteiger partial charge in [0.1, 0.15) is 11.5 Å². The Morgan fingerprint density at radius 3 is 2.38 bits per heavy atom. The highest BCUT2D eigenvalue weighted by molar-refractivity contribution is 7.89. The molecule has 8 heteroatoms. The Bertz CT molecular complexity index is 616. The third kappa shape index (κ3) is 6.37. The SMILES string of the molecule is CCS(=O)(=O)N(C)CCCNC(=O)[C@@H](C)Oc1ccc(OC)cc1. The topological polar surface area (TPSA) is 84.9 Å². The van der Waals surface area contributed by atoms with Crippen molar-refractivity contribution in [2.24, 2.45) is 0 Å². The van der Waals surface area contributed by atoms with Crippen LogP contribution in [0.2, 0.25) is 0 Å². The quantitative estimate of drug-likeness (QED) is 0.636. The first-order valence-corrected chi connectivity index (χ1v) is 9.43. The zero-order chi connectivity index (χ0) is 18.2. The highest BCUT2D eigenvalue weighted by atomic mass is 32.2. The summed E-state index contributed by atoms with van der Waals surface area (Å²) in [6.45, 7) is 4.02. The fourth-order valence-corrected chi connectivity index (χ4v) is 2.78. The Morgan fingerprint density at radius 2 is 1.83 bits per heavy atom. The molecule has 0 aliphatic heterocycles. The fraction of sp³-hybridized carbons (Fsp3) is 0.562. The molecule has 1 aromatic rings. The van der Waals surface area contributed by atoms with Gasteiger partial charge in [-0.05, 0) is 44.5 Å². The van der Waals surface area contributed by atoms with Crippen molar-refractivity contribution in [3.63, 3.8) is 0 Å². The zero-order valence-corrected chi connectivity index (χ0v) is 15.4. The van der Waals surface area contributed by atoms with E-state index in [1.165, 1.54) is 11.4 Å². The molecule has 0 heterocycles. The maximum Gasteiger partial charge on any atom is 0.260 e. The lowest BCUT2D eigenvalue weighted by atomic mass is 10.3. The second-order valence-electron chi connectivity index (χ2n) is 5.30. The third-order valence-electron chi connectivity index (χ3n) is 3.53. The van der Waals surface area contributed by atoms with Crippen LogP contribution < -0.4 is 14.8 Å². The van der Waals surface area contributed by atoms with E-state index in [0.717, 1.165) is 0 Å². The molecular formula is C16H26N2O5S. The molecule has 0 spiro atoms. The molecule has 0 unspecified atom stereocenters. The monoisotopic (exact) mass is 358 g/mol. The van der Waals surface area contributed by atoms with E-state index in [9.17, 15) is 13.2 Å². The van der Waals surface area contributed by atoms with Crippen LogP contribution in [0.15, 0.2) is 24.3 Å². The van der Waals surface area contributed by atoms with E-state index in [-0.39, 0.29) is 11.7 Å². The van der Waals surface area contributed by atoms with Crippen LogP contribution in [-0.2, 0) is 14.8 Å². The average Bonchev–Trinajstić information content (AvgIpc) is 2.58. The fourth-order valence-electron chi connectivity index (χ4n) is 1.93. The van der Waals surface area contributed by atoms with Crippen molar-refractivity contribution in [1.82, 2.24) is 9.62 Å². The third-order valence-corrected chi connectivity index (χ3v) is 5.39. The van der Waals surface area contributed by atoms with E-state index in [2.05, 4.69) is 5.32 Å². The molecule has 0 aliphatic carbocycles. The van der Waals surface area contributed by atoms with E-state index in [1.807, 2.05) is 0 Å². The minimum atomic E-state index is -3.18. The number of carbonyl (C=O) groups excluding carboxylic acids is 1. The number of methoxy groups -OCH3 is 1. The van der Waals surface area contributed by atoms with Gasteiger partial charge in [-0.1, -0.05) is 0 Å². The van der Waals surface area contributed by atoms with Gasteiger partial charge in [0.2, 0.25) is 10.0 Å². The molecule has 1 N–H and O–H groups in total. The van der Waals surface area contributed by atoms with Crippen LogP contribution in [-0.4, -0.2) is 57.7 Å². The molecule has 0 bridgehead atoms. The summed E-state index contributed by atoms with van der Waals surface area (Å²) in [7, 11) is -0.0598. The Labute approximate surface area is 144 Å². The summed E-state index contributed by atoms with van der Waals surface area (Å²) in [6.07, 6.45) is -0.105. The van der Waals surface area contributed by atoms with Gasteiger partial charge in [0, 0.05) is 20.1 Å². The second kappa shape index (κ2) is 9.48. The van der Waals surface area contributed by atoms with E-state index in [0.29, 0.717) is 31.0 Å². The number of sulfonamides is 1. The number of nitrogens with one attached hydrogen (secondary N) is 1. The van der Waals surface area contributed by atoms with E-state index >= 15 is 0 Å². The van der Waals surface area contributed by atoms with Crippen LogP contribution in [0.1, 0.15) is 20.3 Å². The lowest BCUT2D eigenvalue weighted by Crippen LogP contribution is -2.38. The van der Waals surface area contributed by atoms with Crippen molar-refractivity contribution in [3.05, 3.63) is 24.3 Å². The summed E-state index contributed by atoms with van der Waals surface area (Å²) in [5, 5.41) is 2.74. The molecule has 0 aromatic heterocycles. The van der Waals surface area contributed by atoms with Crippen molar-refractivity contribution in [2.75, 3.05) is 33.0 Å². The van der Waals surface area contributed by atoms with Crippen LogP contribution in [0.4, 0.5) is 0 Å². The van der Waals surface area contributed by atoms with E-state index in [1.54, 1.807) is 45.2 Å². The summed E-state index contributed by atoms with van der Waals surface area (Å²) in [5.41, 5.74) is 0. The molecule has 24 heavy (non-hydrogen) atoms. The predicted octanol–water partition coefficient (Wildman–Crippen LogP) is 1.25. The van der Waals surface area contributed by atoms with Crippen molar-refractivity contribution in [2.45, 2.75) is 26.4 Å². The molecule has 0 fully saturated rings. The molecule has 1 rings (SSSR count). The van der Waals surface area contributed by atoms with Gasteiger partial charge in [0.05, 0.1) is 12.9 Å². The molecule has 136 valence electrons. The summed E-state index contributed by atoms with van der Waals surface area (Å²) < 4.78 is 35.1. The van der Waals surface area contributed by atoms with Gasteiger partial charge in [-0.15, -0.1) is 0 Å². The van der Waals surface area contributed by atoms with Gasteiger partial charge in [-0.3, -0.25) is 4.79 Å². The molecular weight excluding hydrogens is 332 g/mol. The number of nitrogens with zero attached hydrogens (tertiary/aromatic N) is 1. The van der Waals surface area contributed by atoms with E-state index < -0.39 is 16.1 Å². The minimum absolute atomic E-state index is 0.0720. The zero-order valence-electron chi connectivity index (χ0n) is 14.6. The highest BCUT2D eigenvalue weighted by Gasteiger charge is 2.16. The average molecular weight is 358 g/mol. The Hall–Kier alpha value is -1.80. The van der Waals surface area contributed by atoms with Crippen molar-refractivity contribution >= 4 is 15.9 Å². The van der Waals surface area contributed by atoms with Crippen LogP contribution in [0, 0.1) is 0 Å². The number of benzene rings is 1. The van der Waals surface area contributed by atoms with Gasteiger partial charge in [-0.2, -0.15) is 0 Å². The molecule has 0 saturated heterocycles. The van der Waals surface area contributed by atoms with Gasteiger partial charge in [-0.25, -0.2) is 12.7 Å². The smallest absolute Gasteiger partial charge is 0.260 e. The number of rotatable bonds is 10. The molecule has 0 aliphatic rings. The lowest BCUT2D eigenvalue weighted by molar-refractivity contribution is -0.127. The van der Waals surface area contributed by atoms with E-state index in [4.69, 9.17) is 9.47 Å².